The Labute approximate surface area is 145 Å². The van der Waals surface area contributed by atoms with Crippen LogP contribution in [0.3, 0.4) is 0 Å². The van der Waals surface area contributed by atoms with Gasteiger partial charge in [-0.2, -0.15) is 0 Å². The fourth-order valence-corrected chi connectivity index (χ4v) is 6.46. The van der Waals surface area contributed by atoms with E-state index in [0.29, 0.717) is 18.3 Å². The Bertz CT molecular complexity index is 518. The molecule has 4 heteroatoms. The lowest BCUT2D eigenvalue weighted by Gasteiger charge is -2.61. The maximum Gasteiger partial charge on any atom is 0.0858 e. The Morgan fingerprint density at radius 3 is 2.50 bits per heavy atom. The van der Waals surface area contributed by atoms with Crippen LogP contribution in [0, 0.1) is 28.1 Å². The van der Waals surface area contributed by atoms with Crippen molar-refractivity contribution in [3.63, 3.8) is 0 Å². The molecule has 4 N–H and O–H groups in total. The predicted octanol–water partition coefficient (Wildman–Crippen LogP) is 2.25. The zero-order chi connectivity index (χ0) is 17.8. The number of aliphatic hydroxyl groups is 4. The van der Waals surface area contributed by atoms with Gasteiger partial charge in [-0.3, -0.25) is 0 Å². The maximum atomic E-state index is 10.5. The molecule has 138 valence electrons. The van der Waals surface area contributed by atoms with Crippen molar-refractivity contribution in [1.29, 1.82) is 0 Å². The first kappa shape index (κ1) is 18.4. The average molecular weight is 338 g/mol. The smallest absolute Gasteiger partial charge is 0.0858 e. The Morgan fingerprint density at radius 2 is 1.88 bits per heavy atom. The highest BCUT2D eigenvalue weighted by atomic mass is 16.3. The van der Waals surface area contributed by atoms with Gasteiger partial charge in [0.05, 0.1) is 18.8 Å². The molecule has 4 nitrogen and oxygen atoms in total. The maximum absolute atomic E-state index is 10.5. The lowest BCUT2D eigenvalue weighted by Crippen LogP contribution is -2.56. The van der Waals surface area contributed by atoms with Gasteiger partial charge in [0, 0.05) is 12.0 Å². The third-order valence-corrected chi connectivity index (χ3v) is 7.76. The van der Waals surface area contributed by atoms with E-state index in [-0.39, 0.29) is 35.6 Å². The zero-order valence-corrected chi connectivity index (χ0v) is 15.3. The summed E-state index contributed by atoms with van der Waals surface area (Å²) in [7, 11) is 0. The molecule has 0 aliphatic heterocycles. The highest BCUT2D eigenvalue weighted by Gasteiger charge is 2.57. The summed E-state index contributed by atoms with van der Waals surface area (Å²) in [6.07, 6.45) is 6.54. The van der Waals surface area contributed by atoms with Crippen molar-refractivity contribution in [2.75, 3.05) is 13.2 Å². The minimum absolute atomic E-state index is 0.00469. The van der Waals surface area contributed by atoms with Crippen LogP contribution in [0.5, 0.6) is 0 Å². The summed E-state index contributed by atoms with van der Waals surface area (Å²) in [5, 5.41) is 40.1. The van der Waals surface area contributed by atoms with E-state index in [9.17, 15) is 20.4 Å². The second kappa shape index (κ2) is 6.08. The minimum atomic E-state index is -0.712. The quantitative estimate of drug-likeness (QED) is 0.595. The second-order valence-corrected chi connectivity index (χ2v) is 9.49. The summed E-state index contributed by atoms with van der Waals surface area (Å²) < 4.78 is 0. The Morgan fingerprint density at radius 1 is 1.17 bits per heavy atom. The van der Waals surface area contributed by atoms with E-state index in [1.54, 1.807) is 0 Å². The normalized spacial score (nSPS) is 49.8. The van der Waals surface area contributed by atoms with Crippen molar-refractivity contribution in [2.45, 2.75) is 71.5 Å². The number of fused-ring (bicyclic) bond motifs is 3. The predicted molar refractivity (Wildman–Crippen MR) is 93.3 cm³/mol. The molecule has 3 aliphatic rings. The highest BCUT2D eigenvalue weighted by Crippen LogP contribution is 2.63. The van der Waals surface area contributed by atoms with Gasteiger partial charge in [-0.25, -0.2) is 0 Å². The fourth-order valence-electron chi connectivity index (χ4n) is 6.46. The topological polar surface area (TPSA) is 80.9 Å². The van der Waals surface area contributed by atoms with Crippen LogP contribution in [0.1, 0.15) is 59.3 Å². The van der Waals surface area contributed by atoms with Crippen molar-refractivity contribution in [3.8, 4) is 0 Å². The summed E-state index contributed by atoms with van der Waals surface area (Å²) in [5.41, 5.74) is 0.843. The Balaban J connectivity index is 1.95. The van der Waals surface area contributed by atoms with Gasteiger partial charge in [-0.05, 0) is 61.2 Å². The van der Waals surface area contributed by atoms with Crippen LogP contribution in [0.15, 0.2) is 11.6 Å². The fraction of sp³-hybridized carbons (Fsp3) is 0.900. The highest BCUT2D eigenvalue weighted by molar-refractivity contribution is 5.25. The van der Waals surface area contributed by atoms with Crippen LogP contribution in [0.2, 0.25) is 0 Å². The van der Waals surface area contributed by atoms with E-state index in [1.807, 2.05) is 6.92 Å². The van der Waals surface area contributed by atoms with Crippen LogP contribution in [0.25, 0.3) is 0 Å². The number of hydrogen-bond donors (Lipinski definition) is 4. The molecule has 0 bridgehead atoms. The van der Waals surface area contributed by atoms with E-state index >= 15 is 0 Å². The van der Waals surface area contributed by atoms with Gasteiger partial charge >= 0.3 is 0 Å². The molecule has 2 fully saturated rings. The first-order valence-electron chi connectivity index (χ1n) is 9.48. The molecule has 2 unspecified atom stereocenters. The number of rotatable bonds is 3. The van der Waals surface area contributed by atoms with Crippen molar-refractivity contribution < 1.29 is 20.4 Å². The third-order valence-electron chi connectivity index (χ3n) is 7.76. The van der Waals surface area contributed by atoms with E-state index in [1.165, 1.54) is 5.57 Å². The molecule has 3 aliphatic carbocycles. The molecule has 0 radical (unpaired) electrons. The standard InChI is InChI=1S/C20H34O4/c1-18(17(24)11-21)7-6-15-13(8-18)4-5-16-19(2,12-22)9-14(23)10-20(15,16)3/h8,14-17,21-24H,4-7,9-12H2,1-3H3/t14?,15-,16+,17?,18+,19+,20+/m1/s1. The Hall–Kier alpha value is -0.420. The molecule has 0 spiro atoms. The van der Waals surface area contributed by atoms with Crippen molar-refractivity contribution in [2.24, 2.45) is 28.1 Å². The summed E-state index contributed by atoms with van der Waals surface area (Å²) in [5.74, 6) is 0.837. The van der Waals surface area contributed by atoms with Crippen LogP contribution in [-0.2, 0) is 0 Å². The van der Waals surface area contributed by atoms with Gasteiger partial charge in [0.1, 0.15) is 0 Å². The lowest BCUT2D eigenvalue weighted by atomic mass is 9.44. The number of aliphatic hydroxyl groups excluding tert-OH is 4. The lowest BCUT2D eigenvalue weighted by molar-refractivity contribution is -0.134. The van der Waals surface area contributed by atoms with Gasteiger partial charge in [-0.1, -0.05) is 32.4 Å². The molecule has 0 amide bonds. The molecule has 24 heavy (non-hydrogen) atoms. The summed E-state index contributed by atoms with van der Waals surface area (Å²) in [4.78, 5) is 0. The SMILES string of the molecule is C[C@@]1(CO)CC(O)C[C@@]2(C)[C@@H]3CC[C@](C)(C(O)CO)C=C3CC[C@@H]12. The van der Waals surface area contributed by atoms with Crippen molar-refractivity contribution >= 4 is 0 Å². The first-order valence-corrected chi connectivity index (χ1v) is 9.48. The molecule has 2 saturated carbocycles. The molecule has 3 rings (SSSR count). The summed E-state index contributed by atoms with van der Waals surface area (Å²) in [6, 6.07) is 0. The van der Waals surface area contributed by atoms with E-state index in [0.717, 1.165) is 32.1 Å². The van der Waals surface area contributed by atoms with E-state index < -0.39 is 6.10 Å². The van der Waals surface area contributed by atoms with Crippen LogP contribution < -0.4 is 0 Å². The first-order chi connectivity index (χ1) is 11.2. The van der Waals surface area contributed by atoms with Gasteiger partial charge < -0.3 is 20.4 Å². The molecule has 0 aromatic carbocycles. The monoisotopic (exact) mass is 338 g/mol. The summed E-state index contributed by atoms with van der Waals surface area (Å²) in [6.45, 7) is 6.41. The van der Waals surface area contributed by atoms with E-state index in [4.69, 9.17) is 0 Å². The summed E-state index contributed by atoms with van der Waals surface area (Å²) >= 11 is 0. The zero-order valence-electron chi connectivity index (χ0n) is 15.3. The molecular weight excluding hydrogens is 304 g/mol. The molecule has 0 saturated heterocycles. The molecule has 0 aromatic heterocycles. The van der Waals surface area contributed by atoms with Crippen molar-refractivity contribution in [1.82, 2.24) is 0 Å². The van der Waals surface area contributed by atoms with Gasteiger partial charge in [0.2, 0.25) is 0 Å². The Kier molecular flexibility index (Phi) is 4.66. The third kappa shape index (κ3) is 2.66. The van der Waals surface area contributed by atoms with Gasteiger partial charge in [0.15, 0.2) is 0 Å². The van der Waals surface area contributed by atoms with Crippen LogP contribution >= 0.6 is 0 Å². The second-order valence-electron chi connectivity index (χ2n) is 9.49. The van der Waals surface area contributed by atoms with Crippen LogP contribution in [-0.4, -0.2) is 45.8 Å². The largest absolute Gasteiger partial charge is 0.396 e. The average Bonchev–Trinajstić information content (AvgIpc) is 2.52. The van der Waals surface area contributed by atoms with Gasteiger partial charge in [-0.15, -0.1) is 0 Å². The molecular formula is C20H34O4. The van der Waals surface area contributed by atoms with Crippen molar-refractivity contribution in [3.05, 3.63) is 11.6 Å². The number of hydrogen-bond acceptors (Lipinski definition) is 4. The molecule has 7 atom stereocenters. The number of allylic oxidation sites excluding steroid dienone is 1. The van der Waals surface area contributed by atoms with E-state index in [2.05, 4.69) is 19.9 Å². The van der Waals surface area contributed by atoms with Crippen LogP contribution in [0.4, 0.5) is 0 Å². The molecule has 0 heterocycles. The minimum Gasteiger partial charge on any atom is -0.396 e. The molecule has 0 aromatic rings. The van der Waals surface area contributed by atoms with Gasteiger partial charge in [0.25, 0.3) is 0 Å².